The van der Waals surface area contributed by atoms with Gasteiger partial charge in [-0.25, -0.2) is 4.99 Å². The molecule has 0 amide bonds. The van der Waals surface area contributed by atoms with Crippen LogP contribution in [0.1, 0.15) is 17.3 Å². The van der Waals surface area contributed by atoms with Crippen molar-refractivity contribution in [3.05, 3.63) is 23.8 Å². The highest BCUT2D eigenvalue weighted by molar-refractivity contribution is 8.16. The Morgan fingerprint density at radius 1 is 1.59 bits per heavy atom. The molecule has 0 fully saturated rings. The predicted molar refractivity (Wildman–Crippen MR) is 73.8 cm³/mol. The van der Waals surface area contributed by atoms with Crippen molar-refractivity contribution in [2.24, 2.45) is 4.99 Å². The SMILES string of the molecule is CC(=O)c1ccc2c(c1)N=C(SCCO)CS2. The maximum Gasteiger partial charge on any atom is 0.159 e. The fraction of sp³-hybridized carbons (Fsp3) is 0.333. The maximum atomic E-state index is 11.3. The number of aliphatic imine (C=N–C) groups is 1. The van der Waals surface area contributed by atoms with Crippen molar-refractivity contribution in [3.8, 4) is 0 Å². The molecule has 1 N–H and O–H groups in total. The monoisotopic (exact) mass is 267 g/mol. The summed E-state index contributed by atoms with van der Waals surface area (Å²) >= 11 is 3.29. The first kappa shape index (κ1) is 12.7. The molecule has 5 heteroatoms. The minimum absolute atomic E-state index is 0.0585. The largest absolute Gasteiger partial charge is 0.396 e. The number of ketones is 1. The van der Waals surface area contributed by atoms with Crippen LogP contribution < -0.4 is 0 Å². The molecule has 0 unspecified atom stereocenters. The number of thioether (sulfide) groups is 2. The van der Waals surface area contributed by atoms with E-state index in [9.17, 15) is 4.79 Å². The lowest BCUT2D eigenvalue weighted by Gasteiger charge is -2.14. The zero-order chi connectivity index (χ0) is 12.3. The van der Waals surface area contributed by atoms with E-state index in [1.165, 1.54) is 0 Å². The van der Waals surface area contributed by atoms with Crippen molar-refractivity contribution in [1.82, 2.24) is 0 Å². The van der Waals surface area contributed by atoms with Crippen LogP contribution in [-0.4, -0.2) is 34.0 Å². The van der Waals surface area contributed by atoms with Crippen LogP contribution in [0.4, 0.5) is 5.69 Å². The molecule has 17 heavy (non-hydrogen) atoms. The molecule has 0 aromatic heterocycles. The number of carbonyl (C=O) groups excluding carboxylic acids is 1. The highest BCUT2D eigenvalue weighted by Gasteiger charge is 2.14. The Morgan fingerprint density at radius 3 is 3.12 bits per heavy atom. The van der Waals surface area contributed by atoms with E-state index >= 15 is 0 Å². The van der Waals surface area contributed by atoms with Gasteiger partial charge in [-0.2, -0.15) is 0 Å². The molecule has 2 rings (SSSR count). The highest BCUT2D eigenvalue weighted by atomic mass is 32.2. The maximum absolute atomic E-state index is 11.3. The van der Waals surface area contributed by atoms with Gasteiger partial charge in [0.25, 0.3) is 0 Å². The van der Waals surface area contributed by atoms with E-state index in [1.54, 1.807) is 30.4 Å². The van der Waals surface area contributed by atoms with Gasteiger partial charge in [0.15, 0.2) is 5.78 Å². The van der Waals surface area contributed by atoms with E-state index in [4.69, 9.17) is 5.11 Å². The van der Waals surface area contributed by atoms with E-state index in [0.717, 1.165) is 21.4 Å². The van der Waals surface area contributed by atoms with Crippen molar-refractivity contribution in [1.29, 1.82) is 0 Å². The molecule has 90 valence electrons. The van der Waals surface area contributed by atoms with Gasteiger partial charge in [0.2, 0.25) is 0 Å². The second kappa shape index (κ2) is 5.71. The average molecular weight is 267 g/mol. The zero-order valence-electron chi connectivity index (χ0n) is 9.47. The third-order valence-electron chi connectivity index (χ3n) is 2.32. The lowest BCUT2D eigenvalue weighted by molar-refractivity contribution is 0.101. The third kappa shape index (κ3) is 3.12. The summed E-state index contributed by atoms with van der Waals surface area (Å²) in [6, 6.07) is 5.63. The fourth-order valence-corrected chi connectivity index (χ4v) is 3.25. The summed E-state index contributed by atoms with van der Waals surface area (Å²) < 4.78 is 0. The Labute approximate surface area is 109 Å². The second-order valence-electron chi connectivity index (χ2n) is 3.60. The molecular weight excluding hydrogens is 254 g/mol. The van der Waals surface area contributed by atoms with Crippen molar-refractivity contribution >= 4 is 40.0 Å². The van der Waals surface area contributed by atoms with E-state index < -0.39 is 0 Å². The summed E-state index contributed by atoms with van der Waals surface area (Å²) in [6.07, 6.45) is 0. The molecule has 0 aliphatic carbocycles. The van der Waals surface area contributed by atoms with E-state index in [1.807, 2.05) is 18.2 Å². The number of hydrogen-bond acceptors (Lipinski definition) is 5. The van der Waals surface area contributed by atoms with Crippen molar-refractivity contribution in [2.75, 3.05) is 18.1 Å². The van der Waals surface area contributed by atoms with Gasteiger partial charge in [-0.1, -0.05) is 6.07 Å². The summed E-state index contributed by atoms with van der Waals surface area (Å²) in [4.78, 5) is 16.9. The number of aliphatic hydroxyl groups is 1. The van der Waals surface area contributed by atoms with Crippen LogP contribution in [0.25, 0.3) is 0 Å². The number of hydrogen-bond donors (Lipinski definition) is 1. The molecule has 0 bridgehead atoms. The summed E-state index contributed by atoms with van der Waals surface area (Å²) in [5.74, 6) is 1.57. The molecule has 0 saturated heterocycles. The Hall–Kier alpha value is -0.780. The zero-order valence-corrected chi connectivity index (χ0v) is 11.1. The van der Waals surface area contributed by atoms with Gasteiger partial charge in [-0.05, 0) is 19.1 Å². The fourth-order valence-electron chi connectivity index (χ4n) is 1.49. The standard InChI is InChI=1S/C12H13NO2S2/c1-8(15)9-2-3-11-10(6-9)13-12(7-17-11)16-5-4-14/h2-3,6,14H,4-5,7H2,1H3. The smallest absolute Gasteiger partial charge is 0.159 e. The Kier molecular flexibility index (Phi) is 4.25. The normalized spacial score (nSPS) is 14.1. The molecule has 0 spiro atoms. The summed E-state index contributed by atoms with van der Waals surface area (Å²) in [5, 5.41) is 9.79. The van der Waals surface area contributed by atoms with Crippen LogP contribution in [0.2, 0.25) is 0 Å². The van der Waals surface area contributed by atoms with Gasteiger partial charge < -0.3 is 5.11 Å². The van der Waals surface area contributed by atoms with Crippen LogP contribution in [-0.2, 0) is 0 Å². The Balaban J connectivity index is 2.25. The molecule has 3 nitrogen and oxygen atoms in total. The van der Waals surface area contributed by atoms with Gasteiger partial charge in [0, 0.05) is 22.0 Å². The molecular formula is C12H13NO2S2. The van der Waals surface area contributed by atoms with Gasteiger partial charge >= 0.3 is 0 Å². The van der Waals surface area contributed by atoms with Gasteiger partial charge in [-0.15, -0.1) is 23.5 Å². The molecule has 0 saturated carbocycles. The number of nitrogens with zero attached hydrogens (tertiary/aromatic N) is 1. The molecule has 0 radical (unpaired) electrons. The summed E-state index contributed by atoms with van der Waals surface area (Å²) in [6.45, 7) is 1.72. The topological polar surface area (TPSA) is 49.7 Å². The number of benzene rings is 1. The van der Waals surface area contributed by atoms with Gasteiger partial charge in [0.05, 0.1) is 17.3 Å². The van der Waals surface area contributed by atoms with Crippen LogP contribution >= 0.6 is 23.5 Å². The molecule has 1 aromatic rings. The molecule has 1 aliphatic heterocycles. The van der Waals surface area contributed by atoms with Crippen molar-refractivity contribution in [2.45, 2.75) is 11.8 Å². The highest BCUT2D eigenvalue weighted by Crippen LogP contribution is 2.36. The van der Waals surface area contributed by atoms with Crippen LogP contribution in [0.3, 0.4) is 0 Å². The van der Waals surface area contributed by atoms with Crippen LogP contribution in [0.5, 0.6) is 0 Å². The third-order valence-corrected chi connectivity index (χ3v) is 4.53. The lowest BCUT2D eigenvalue weighted by Crippen LogP contribution is -2.04. The summed E-state index contributed by atoms with van der Waals surface area (Å²) in [7, 11) is 0. The Morgan fingerprint density at radius 2 is 2.41 bits per heavy atom. The predicted octanol–water partition coefficient (Wildman–Crippen LogP) is 2.75. The number of rotatable bonds is 3. The first-order valence-electron chi connectivity index (χ1n) is 5.29. The minimum atomic E-state index is 0.0585. The Bertz CT molecular complexity index is 472. The molecule has 1 aliphatic rings. The van der Waals surface area contributed by atoms with Gasteiger partial charge in [-0.3, -0.25) is 4.79 Å². The molecule has 1 aromatic carbocycles. The van der Waals surface area contributed by atoms with E-state index in [2.05, 4.69) is 4.99 Å². The summed E-state index contributed by atoms with van der Waals surface area (Å²) in [5.41, 5.74) is 1.57. The van der Waals surface area contributed by atoms with E-state index in [0.29, 0.717) is 11.3 Å². The first-order chi connectivity index (χ1) is 8.20. The number of fused-ring (bicyclic) bond motifs is 1. The number of aliphatic hydroxyl groups excluding tert-OH is 1. The molecule has 0 atom stereocenters. The van der Waals surface area contributed by atoms with Gasteiger partial charge in [0.1, 0.15) is 0 Å². The number of Topliss-reactive ketones (excluding diaryl/α,β-unsaturated/α-hetero) is 1. The molecule has 1 heterocycles. The second-order valence-corrected chi connectivity index (χ2v) is 5.79. The van der Waals surface area contributed by atoms with Crippen LogP contribution in [0.15, 0.2) is 28.1 Å². The van der Waals surface area contributed by atoms with Crippen LogP contribution in [0, 0.1) is 0 Å². The van der Waals surface area contributed by atoms with Crippen molar-refractivity contribution in [3.63, 3.8) is 0 Å². The average Bonchev–Trinajstić information content (AvgIpc) is 2.35. The quantitative estimate of drug-likeness (QED) is 0.856. The first-order valence-corrected chi connectivity index (χ1v) is 7.27. The number of carbonyl (C=O) groups is 1. The lowest BCUT2D eigenvalue weighted by atomic mass is 10.1. The minimum Gasteiger partial charge on any atom is -0.396 e. The van der Waals surface area contributed by atoms with E-state index in [-0.39, 0.29) is 12.4 Å². The van der Waals surface area contributed by atoms with Crippen molar-refractivity contribution < 1.29 is 9.90 Å².